The van der Waals surface area contributed by atoms with Crippen molar-refractivity contribution in [2.75, 3.05) is 6.61 Å². The van der Waals surface area contributed by atoms with Gasteiger partial charge in [0.25, 0.3) is 0 Å². The molecule has 0 amide bonds. The molecule has 0 aliphatic rings. The molecule has 2 nitrogen and oxygen atoms in total. The average Bonchev–Trinajstić information content (AvgIpc) is 2.33. The molecule has 0 aromatic heterocycles. The molecule has 0 saturated heterocycles. The predicted octanol–water partition coefficient (Wildman–Crippen LogP) is 3.11. The summed E-state index contributed by atoms with van der Waals surface area (Å²) in [4.78, 5) is 0. The van der Waals surface area contributed by atoms with Crippen molar-refractivity contribution < 1.29 is 10.2 Å². The van der Waals surface area contributed by atoms with E-state index in [1.807, 2.05) is 44.2 Å². The van der Waals surface area contributed by atoms with Gasteiger partial charge in [0.15, 0.2) is 0 Å². The van der Waals surface area contributed by atoms with E-state index < -0.39 is 0 Å². The van der Waals surface area contributed by atoms with Gasteiger partial charge in [0, 0.05) is 12.2 Å². The molecule has 0 unspecified atom stereocenters. The molecule has 90 valence electrons. The molecule has 0 bridgehead atoms. The smallest absolute Gasteiger partial charge is 0.119 e. The lowest BCUT2D eigenvalue weighted by Crippen LogP contribution is -2.19. The predicted molar refractivity (Wildman–Crippen MR) is 70.2 cm³/mol. The number of rotatable bonds is 3. The Morgan fingerprint density at radius 3 is 2.47 bits per heavy atom. The molecule has 0 saturated carbocycles. The quantitative estimate of drug-likeness (QED) is 0.850. The molecule has 0 spiro atoms. The van der Waals surface area contributed by atoms with Gasteiger partial charge in [-0.25, -0.2) is 0 Å². The number of fused-ring (bicyclic) bond motifs is 1. The summed E-state index contributed by atoms with van der Waals surface area (Å²) >= 11 is 0. The molecule has 0 atom stereocenters. The highest BCUT2D eigenvalue weighted by Gasteiger charge is 2.20. The van der Waals surface area contributed by atoms with E-state index in [2.05, 4.69) is 0 Å². The van der Waals surface area contributed by atoms with Crippen molar-refractivity contribution in [1.29, 1.82) is 0 Å². The van der Waals surface area contributed by atoms with Gasteiger partial charge in [0.2, 0.25) is 0 Å². The van der Waals surface area contributed by atoms with Crippen LogP contribution in [0.1, 0.15) is 19.4 Å². The van der Waals surface area contributed by atoms with Gasteiger partial charge in [-0.3, -0.25) is 0 Å². The highest BCUT2D eigenvalue weighted by atomic mass is 16.3. The average molecular weight is 230 g/mol. The number of hydrogen-bond donors (Lipinski definition) is 2. The van der Waals surface area contributed by atoms with Gasteiger partial charge in [-0.1, -0.05) is 44.2 Å². The first-order chi connectivity index (χ1) is 8.03. The first-order valence-electron chi connectivity index (χ1n) is 5.84. The molecule has 2 rings (SSSR count). The van der Waals surface area contributed by atoms with Crippen molar-refractivity contribution >= 4 is 10.8 Å². The minimum Gasteiger partial charge on any atom is -0.508 e. The molecular weight excluding hydrogens is 212 g/mol. The van der Waals surface area contributed by atoms with Crippen molar-refractivity contribution in [3.63, 3.8) is 0 Å². The van der Waals surface area contributed by atoms with Gasteiger partial charge in [-0.05, 0) is 28.7 Å². The van der Waals surface area contributed by atoms with Gasteiger partial charge >= 0.3 is 0 Å². The Balaban J connectivity index is 2.55. The van der Waals surface area contributed by atoms with Crippen LogP contribution in [0.5, 0.6) is 5.75 Å². The van der Waals surface area contributed by atoms with Crippen LogP contribution in [0, 0.1) is 5.41 Å². The summed E-state index contributed by atoms with van der Waals surface area (Å²) in [5, 5.41) is 21.5. The molecule has 0 aliphatic heterocycles. The molecule has 2 N–H and O–H groups in total. The lowest BCUT2D eigenvalue weighted by atomic mass is 9.84. The maximum Gasteiger partial charge on any atom is 0.119 e. The third-order valence-electron chi connectivity index (χ3n) is 3.10. The normalized spacial score (nSPS) is 11.9. The zero-order valence-electron chi connectivity index (χ0n) is 10.3. The fourth-order valence-corrected chi connectivity index (χ4v) is 2.04. The lowest BCUT2D eigenvalue weighted by Gasteiger charge is -2.23. The standard InChI is InChI=1S/C15H18O2/c1-15(2,10-16)9-13-12-6-4-3-5-11(12)7-8-14(13)17/h3-8,16-17H,9-10H2,1-2H3. The van der Waals surface area contributed by atoms with Gasteiger partial charge in [-0.15, -0.1) is 0 Å². The number of phenols is 1. The Bertz CT molecular complexity index is 529. The molecule has 2 aromatic rings. The van der Waals surface area contributed by atoms with Crippen LogP contribution in [0.3, 0.4) is 0 Å². The molecule has 0 aliphatic carbocycles. The lowest BCUT2D eigenvalue weighted by molar-refractivity contribution is 0.159. The Labute approximate surface area is 102 Å². The second kappa shape index (κ2) is 4.38. The first-order valence-corrected chi connectivity index (χ1v) is 5.84. The van der Waals surface area contributed by atoms with Crippen LogP contribution in [0.4, 0.5) is 0 Å². The SMILES string of the molecule is CC(C)(CO)Cc1c(O)ccc2ccccc12. The zero-order chi connectivity index (χ0) is 12.5. The van der Waals surface area contributed by atoms with E-state index in [1.165, 1.54) is 0 Å². The van der Waals surface area contributed by atoms with Crippen LogP contribution in [0.15, 0.2) is 36.4 Å². The molecule has 17 heavy (non-hydrogen) atoms. The van der Waals surface area contributed by atoms with E-state index in [0.717, 1.165) is 16.3 Å². The van der Waals surface area contributed by atoms with Gasteiger partial charge < -0.3 is 10.2 Å². The molecule has 2 aromatic carbocycles. The van der Waals surface area contributed by atoms with Gasteiger partial charge in [0.1, 0.15) is 5.75 Å². The van der Waals surface area contributed by atoms with Crippen LogP contribution in [-0.2, 0) is 6.42 Å². The summed E-state index contributed by atoms with van der Waals surface area (Å²) in [5.74, 6) is 0.310. The Kier molecular flexibility index (Phi) is 3.07. The molecule has 0 fully saturated rings. The number of aromatic hydroxyl groups is 1. The van der Waals surface area contributed by atoms with Crippen molar-refractivity contribution in [3.8, 4) is 5.75 Å². The van der Waals surface area contributed by atoms with Crippen molar-refractivity contribution in [2.24, 2.45) is 5.41 Å². The maximum absolute atomic E-state index is 9.99. The highest BCUT2D eigenvalue weighted by Crippen LogP contribution is 2.32. The number of aliphatic hydroxyl groups excluding tert-OH is 1. The summed E-state index contributed by atoms with van der Waals surface area (Å²) in [6, 6.07) is 11.6. The largest absolute Gasteiger partial charge is 0.508 e. The van der Waals surface area contributed by atoms with E-state index >= 15 is 0 Å². The maximum atomic E-state index is 9.99. The Hall–Kier alpha value is -1.54. The molecular formula is C15H18O2. The van der Waals surface area contributed by atoms with Crippen LogP contribution in [-0.4, -0.2) is 16.8 Å². The summed E-state index contributed by atoms with van der Waals surface area (Å²) in [5.41, 5.74) is 0.698. The van der Waals surface area contributed by atoms with E-state index in [-0.39, 0.29) is 12.0 Å². The van der Waals surface area contributed by atoms with Crippen LogP contribution in [0.25, 0.3) is 10.8 Å². The third-order valence-corrected chi connectivity index (χ3v) is 3.10. The zero-order valence-corrected chi connectivity index (χ0v) is 10.3. The number of phenolic OH excluding ortho intramolecular Hbond substituents is 1. The van der Waals surface area contributed by atoms with Crippen LogP contribution in [0.2, 0.25) is 0 Å². The van der Waals surface area contributed by atoms with Crippen molar-refractivity contribution in [3.05, 3.63) is 42.0 Å². The molecule has 0 heterocycles. The monoisotopic (exact) mass is 230 g/mol. The van der Waals surface area contributed by atoms with E-state index in [1.54, 1.807) is 6.07 Å². The highest BCUT2D eigenvalue weighted by molar-refractivity contribution is 5.87. The minimum atomic E-state index is -0.221. The first kappa shape index (κ1) is 11.9. The second-order valence-corrected chi connectivity index (χ2v) is 5.28. The summed E-state index contributed by atoms with van der Waals surface area (Å²) in [7, 11) is 0. The Morgan fingerprint density at radius 2 is 1.76 bits per heavy atom. The molecule has 0 radical (unpaired) electrons. The third kappa shape index (κ3) is 2.42. The van der Waals surface area contributed by atoms with E-state index in [9.17, 15) is 10.2 Å². The number of hydrogen-bond acceptors (Lipinski definition) is 2. The Morgan fingerprint density at radius 1 is 1.06 bits per heavy atom. The summed E-state index contributed by atoms with van der Waals surface area (Å²) < 4.78 is 0. The summed E-state index contributed by atoms with van der Waals surface area (Å²) in [6.45, 7) is 4.10. The van der Waals surface area contributed by atoms with E-state index in [4.69, 9.17) is 0 Å². The fourth-order valence-electron chi connectivity index (χ4n) is 2.04. The van der Waals surface area contributed by atoms with Crippen LogP contribution >= 0.6 is 0 Å². The van der Waals surface area contributed by atoms with Crippen molar-refractivity contribution in [1.82, 2.24) is 0 Å². The number of benzene rings is 2. The minimum absolute atomic E-state index is 0.107. The number of aliphatic hydroxyl groups is 1. The van der Waals surface area contributed by atoms with Crippen LogP contribution < -0.4 is 0 Å². The summed E-state index contributed by atoms with van der Waals surface area (Å²) in [6.07, 6.45) is 0.663. The molecule has 2 heteroatoms. The van der Waals surface area contributed by atoms with E-state index in [0.29, 0.717) is 12.2 Å². The van der Waals surface area contributed by atoms with Gasteiger partial charge in [0.05, 0.1) is 0 Å². The fraction of sp³-hybridized carbons (Fsp3) is 0.333. The second-order valence-electron chi connectivity index (χ2n) is 5.28. The topological polar surface area (TPSA) is 40.5 Å². The van der Waals surface area contributed by atoms with Gasteiger partial charge in [-0.2, -0.15) is 0 Å². The van der Waals surface area contributed by atoms with Crippen molar-refractivity contribution in [2.45, 2.75) is 20.3 Å².